The molecule has 0 aliphatic rings. The van der Waals surface area contributed by atoms with E-state index in [2.05, 4.69) is 18.2 Å². The van der Waals surface area contributed by atoms with Crippen molar-refractivity contribution in [2.24, 2.45) is 0 Å². The zero-order valence-electron chi connectivity index (χ0n) is 7.39. The van der Waals surface area contributed by atoms with Gasteiger partial charge in [0.2, 0.25) is 0 Å². The summed E-state index contributed by atoms with van der Waals surface area (Å²) in [7, 11) is 1.93. The van der Waals surface area contributed by atoms with Crippen molar-refractivity contribution in [1.82, 2.24) is 5.32 Å². The van der Waals surface area contributed by atoms with Gasteiger partial charge in [-0.1, -0.05) is 6.92 Å². The maximum absolute atomic E-state index is 9.61. The van der Waals surface area contributed by atoms with Gasteiger partial charge in [-0.25, -0.2) is 0 Å². The van der Waals surface area contributed by atoms with Gasteiger partial charge in [0.15, 0.2) is 0 Å². The van der Waals surface area contributed by atoms with Gasteiger partial charge in [-0.15, -0.1) is 12.3 Å². The first-order chi connectivity index (χ1) is 5.33. The van der Waals surface area contributed by atoms with Crippen LogP contribution in [-0.4, -0.2) is 19.9 Å². The Balaban J connectivity index is 0. The molecule has 0 atom stereocenters. The fourth-order valence-electron chi connectivity index (χ4n) is 0.287. The van der Waals surface area contributed by atoms with E-state index in [0.29, 0.717) is 6.42 Å². The molecule has 0 spiro atoms. The smallest absolute Gasteiger partial charge is 0.120 e. The molecule has 0 saturated heterocycles. The zero-order chi connectivity index (χ0) is 8.95. The Morgan fingerprint density at radius 3 is 2.45 bits per heavy atom. The molecule has 2 nitrogen and oxygen atoms in total. The second-order valence-corrected chi connectivity index (χ2v) is 1.97. The van der Waals surface area contributed by atoms with Crippen molar-refractivity contribution in [1.29, 1.82) is 0 Å². The molecule has 0 aromatic rings. The molecule has 0 fully saturated rings. The Hall–Kier alpha value is -0.810. The van der Waals surface area contributed by atoms with Crippen LogP contribution in [-0.2, 0) is 4.79 Å². The molecule has 0 bridgehead atoms. The van der Waals surface area contributed by atoms with E-state index < -0.39 is 0 Å². The maximum atomic E-state index is 9.61. The van der Waals surface area contributed by atoms with Crippen LogP contribution in [0, 0.1) is 12.3 Å². The van der Waals surface area contributed by atoms with Gasteiger partial charge in [-0.2, -0.15) is 0 Å². The number of carbonyl (C=O) groups is 1. The topological polar surface area (TPSA) is 29.1 Å². The lowest BCUT2D eigenvalue weighted by Gasteiger charge is -1.79. The van der Waals surface area contributed by atoms with Gasteiger partial charge in [-0.3, -0.25) is 0 Å². The van der Waals surface area contributed by atoms with Gasteiger partial charge >= 0.3 is 0 Å². The van der Waals surface area contributed by atoms with Crippen molar-refractivity contribution in [2.75, 3.05) is 13.6 Å². The lowest BCUT2D eigenvalue weighted by molar-refractivity contribution is -0.107. The number of hydrogen-bond donors (Lipinski definition) is 1. The molecule has 0 aromatic heterocycles. The van der Waals surface area contributed by atoms with E-state index in [0.717, 1.165) is 25.7 Å². The first-order valence-corrected chi connectivity index (χ1v) is 3.85. The van der Waals surface area contributed by atoms with E-state index in [1.54, 1.807) is 0 Å². The third kappa shape index (κ3) is 27.1. The molecule has 0 aliphatic carbocycles. The average Bonchev–Trinajstić information content (AvgIpc) is 2.06. The molecule has 2 heteroatoms. The van der Waals surface area contributed by atoms with Gasteiger partial charge in [0.05, 0.1) is 0 Å². The molecule has 0 amide bonds. The molecule has 0 aromatic carbocycles. The Morgan fingerprint density at radius 1 is 1.64 bits per heavy atom. The molecular weight excluding hydrogens is 138 g/mol. The summed E-state index contributed by atoms with van der Waals surface area (Å²) in [5, 5.41) is 2.93. The summed E-state index contributed by atoms with van der Waals surface area (Å²) in [5.74, 6) is 2.44. The van der Waals surface area contributed by atoms with Crippen molar-refractivity contribution in [3.8, 4) is 12.3 Å². The van der Waals surface area contributed by atoms with Crippen LogP contribution in [0.5, 0.6) is 0 Å². The Kier molecular flexibility index (Phi) is 18.8. The monoisotopic (exact) mass is 155 g/mol. The SMILES string of the molecule is C#CCCCC=O.CCNC. The molecule has 0 aliphatic heterocycles. The van der Waals surface area contributed by atoms with Crippen molar-refractivity contribution < 1.29 is 4.79 Å². The summed E-state index contributed by atoms with van der Waals surface area (Å²) in [6.45, 7) is 3.14. The molecule has 1 N–H and O–H groups in total. The van der Waals surface area contributed by atoms with Crippen LogP contribution in [0.1, 0.15) is 26.2 Å². The number of hydrogen-bond acceptors (Lipinski definition) is 2. The molecule has 0 rings (SSSR count). The lowest BCUT2D eigenvalue weighted by atomic mass is 10.3. The third-order valence-corrected chi connectivity index (χ3v) is 0.997. The van der Waals surface area contributed by atoms with Crippen LogP contribution in [0.15, 0.2) is 0 Å². The summed E-state index contributed by atoms with van der Waals surface area (Å²) in [6.07, 6.45) is 7.95. The molecule has 0 radical (unpaired) electrons. The van der Waals surface area contributed by atoms with Gasteiger partial charge in [0.25, 0.3) is 0 Å². The average molecular weight is 155 g/mol. The van der Waals surface area contributed by atoms with E-state index in [-0.39, 0.29) is 0 Å². The molecule has 64 valence electrons. The Labute approximate surface area is 69.4 Å². The Morgan fingerprint density at radius 2 is 2.18 bits per heavy atom. The molecule has 0 heterocycles. The van der Waals surface area contributed by atoms with Crippen molar-refractivity contribution in [3.63, 3.8) is 0 Å². The fourth-order valence-corrected chi connectivity index (χ4v) is 0.287. The predicted octanol–water partition coefficient (Wildman–Crippen LogP) is 1.21. The normalized spacial score (nSPS) is 7.36. The van der Waals surface area contributed by atoms with Crippen LogP contribution in [0.25, 0.3) is 0 Å². The van der Waals surface area contributed by atoms with Crippen LogP contribution in [0.4, 0.5) is 0 Å². The summed E-state index contributed by atoms with van der Waals surface area (Å²) in [6, 6.07) is 0. The van der Waals surface area contributed by atoms with Crippen molar-refractivity contribution in [2.45, 2.75) is 26.2 Å². The number of terminal acetylenes is 1. The summed E-state index contributed by atoms with van der Waals surface area (Å²) in [4.78, 5) is 9.61. The Bertz CT molecular complexity index is 103. The summed E-state index contributed by atoms with van der Waals surface area (Å²) in [5.41, 5.74) is 0. The van der Waals surface area contributed by atoms with E-state index in [4.69, 9.17) is 6.42 Å². The van der Waals surface area contributed by atoms with Gasteiger partial charge in [0.1, 0.15) is 6.29 Å². The minimum atomic E-state index is 0.601. The summed E-state index contributed by atoms with van der Waals surface area (Å²) < 4.78 is 0. The molecule has 0 saturated carbocycles. The van der Waals surface area contributed by atoms with Crippen LogP contribution in [0.3, 0.4) is 0 Å². The highest BCUT2D eigenvalue weighted by molar-refractivity contribution is 5.49. The number of carbonyl (C=O) groups excluding carboxylic acids is 1. The molecular formula is C9H17NO. The highest BCUT2D eigenvalue weighted by Gasteiger charge is 1.77. The lowest BCUT2D eigenvalue weighted by Crippen LogP contribution is -2.01. The highest BCUT2D eigenvalue weighted by Crippen LogP contribution is 1.87. The van der Waals surface area contributed by atoms with E-state index in [1.165, 1.54) is 0 Å². The quantitative estimate of drug-likeness (QED) is 0.375. The van der Waals surface area contributed by atoms with Crippen molar-refractivity contribution in [3.05, 3.63) is 0 Å². The highest BCUT2D eigenvalue weighted by atomic mass is 16.1. The third-order valence-electron chi connectivity index (χ3n) is 0.997. The number of aldehydes is 1. The minimum Gasteiger partial charge on any atom is -0.320 e. The fraction of sp³-hybridized carbons (Fsp3) is 0.667. The van der Waals surface area contributed by atoms with Crippen LogP contribution >= 0.6 is 0 Å². The summed E-state index contributed by atoms with van der Waals surface area (Å²) >= 11 is 0. The minimum absolute atomic E-state index is 0.601. The number of rotatable bonds is 4. The first-order valence-electron chi connectivity index (χ1n) is 3.85. The largest absolute Gasteiger partial charge is 0.320 e. The number of nitrogens with one attached hydrogen (secondary N) is 1. The maximum Gasteiger partial charge on any atom is 0.120 e. The number of unbranched alkanes of at least 4 members (excludes halogenated alkanes) is 2. The van der Waals surface area contributed by atoms with Gasteiger partial charge < -0.3 is 10.1 Å². The van der Waals surface area contributed by atoms with Gasteiger partial charge in [-0.05, 0) is 20.0 Å². The second-order valence-electron chi connectivity index (χ2n) is 1.97. The molecule has 0 unspecified atom stereocenters. The first kappa shape index (κ1) is 12.8. The standard InChI is InChI=1S/C6H8O.C3H9N/c1-2-3-4-5-6-7;1-3-4-2/h1,6H,3-5H2;4H,3H2,1-2H3. The second kappa shape index (κ2) is 16.1. The zero-order valence-corrected chi connectivity index (χ0v) is 7.39. The van der Waals surface area contributed by atoms with E-state index >= 15 is 0 Å². The van der Waals surface area contributed by atoms with E-state index in [1.807, 2.05) is 7.05 Å². The van der Waals surface area contributed by atoms with E-state index in [9.17, 15) is 4.79 Å². The van der Waals surface area contributed by atoms with Crippen molar-refractivity contribution >= 4 is 6.29 Å². The van der Waals surface area contributed by atoms with Crippen LogP contribution < -0.4 is 5.32 Å². The van der Waals surface area contributed by atoms with Crippen LogP contribution in [0.2, 0.25) is 0 Å². The predicted molar refractivity (Wildman–Crippen MR) is 48.3 cm³/mol. The van der Waals surface area contributed by atoms with Gasteiger partial charge in [0, 0.05) is 12.8 Å². The molecule has 11 heavy (non-hydrogen) atoms.